The van der Waals surface area contributed by atoms with Gasteiger partial charge in [-0.3, -0.25) is 4.79 Å². The van der Waals surface area contributed by atoms with Crippen molar-refractivity contribution in [3.63, 3.8) is 0 Å². The predicted octanol–water partition coefficient (Wildman–Crippen LogP) is 2.26. The van der Waals surface area contributed by atoms with Crippen LogP contribution < -0.4 is 5.32 Å². The number of carbonyl (C=O) groups excluding carboxylic acids is 1. The van der Waals surface area contributed by atoms with Gasteiger partial charge in [0.1, 0.15) is 5.82 Å². The van der Waals surface area contributed by atoms with E-state index in [2.05, 4.69) is 21.2 Å². The number of benzene rings is 1. The molecule has 1 unspecified atom stereocenters. The third kappa shape index (κ3) is 4.74. The molecule has 0 fully saturated rings. The molecule has 1 amide bonds. The van der Waals surface area contributed by atoms with E-state index in [1.165, 1.54) is 12.1 Å². The van der Waals surface area contributed by atoms with Crippen LogP contribution in [-0.4, -0.2) is 23.7 Å². The van der Waals surface area contributed by atoms with Crippen LogP contribution in [0.2, 0.25) is 0 Å². The summed E-state index contributed by atoms with van der Waals surface area (Å²) in [5, 5.41) is 12.2. The molecule has 0 radical (unpaired) electrons. The molecule has 0 aliphatic carbocycles. The topological polar surface area (TPSA) is 49.3 Å². The second-order valence-corrected chi connectivity index (χ2v) is 5.38. The first-order chi connectivity index (χ1) is 8.40. The average molecular weight is 318 g/mol. The zero-order valence-corrected chi connectivity index (χ0v) is 12.0. The van der Waals surface area contributed by atoms with Gasteiger partial charge in [-0.25, -0.2) is 4.39 Å². The van der Waals surface area contributed by atoms with Crippen molar-refractivity contribution < 1.29 is 14.3 Å². The summed E-state index contributed by atoms with van der Waals surface area (Å²) in [5.41, 5.74) is 0.589. The van der Waals surface area contributed by atoms with E-state index >= 15 is 0 Å². The number of halogens is 2. The average Bonchev–Trinajstić information content (AvgIpc) is 2.30. The van der Waals surface area contributed by atoms with Gasteiger partial charge >= 0.3 is 0 Å². The molecule has 18 heavy (non-hydrogen) atoms. The molecule has 0 aliphatic rings. The minimum atomic E-state index is -0.565. The Morgan fingerprint density at radius 2 is 2.17 bits per heavy atom. The van der Waals surface area contributed by atoms with Crippen LogP contribution >= 0.6 is 15.9 Å². The van der Waals surface area contributed by atoms with Gasteiger partial charge in [-0.1, -0.05) is 29.8 Å². The third-order valence-corrected chi connectivity index (χ3v) is 3.41. The maximum Gasteiger partial charge on any atom is 0.224 e. The molecule has 0 bridgehead atoms. The van der Waals surface area contributed by atoms with E-state index in [9.17, 15) is 14.3 Å². The first kappa shape index (κ1) is 15.1. The lowest BCUT2D eigenvalue weighted by atomic mass is 10.1. The highest BCUT2D eigenvalue weighted by Gasteiger charge is 2.12. The molecule has 5 heteroatoms. The van der Waals surface area contributed by atoms with Gasteiger partial charge in [0.2, 0.25) is 5.91 Å². The van der Waals surface area contributed by atoms with Gasteiger partial charge in [0.05, 0.1) is 12.5 Å². The van der Waals surface area contributed by atoms with Crippen molar-refractivity contribution in [2.45, 2.75) is 26.4 Å². The Kier molecular flexibility index (Phi) is 5.75. The van der Waals surface area contributed by atoms with E-state index < -0.39 is 6.10 Å². The monoisotopic (exact) mass is 317 g/mol. The maximum atomic E-state index is 13.0. The van der Waals surface area contributed by atoms with Crippen molar-refractivity contribution >= 4 is 21.8 Å². The quantitative estimate of drug-likeness (QED) is 0.875. The Hall–Kier alpha value is -0.940. The predicted molar refractivity (Wildman–Crippen MR) is 71.7 cm³/mol. The van der Waals surface area contributed by atoms with Crippen LogP contribution in [0, 0.1) is 11.7 Å². The van der Waals surface area contributed by atoms with Crippen molar-refractivity contribution in [3.05, 3.63) is 34.1 Å². The van der Waals surface area contributed by atoms with Gasteiger partial charge in [-0.15, -0.1) is 0 Å². The molecular weight excluding hydrogens is 301 g/mol. The van der Waals surface area contributed by atoms with Crippen LogP contribution in [0.1, 0.15) is 19.4 Å². The van der Waals surface area contributed by atoms with Gasteiger partial charge in [0, 0.05) is 11.0 Å². The molecule has 2 N–H and O–H groups in total. The van der Waals surface area contributed by atoms with Crippen LogP contribution in [0.25, 0.3) is 0 Å². The first-order valence-corrected chi connectivity index (χ1v) is 6.58. The fourth-order valence-electron chi connectivity index (χ4n) is 1.37. The molecule has 0 saturated carbocycles. The molecule has 1 atom stereocenters. The van der Waals surface area contributed by atoms with Crippen molar-refractivity contribution in [2.75, 3.05) is 6.54 Å². The summed E-state index contributed by atoms with van der Waals surface area (Å²) in [6.45, 7) is 3.96. The second-order valence-electron chi connectivity index (χ2n) is 4.53. The van der Waals surface area contributed by atoms with Gasteiger partial charge in [-0.05, 0) is 29.7 Å². The molecule has 0 spiro atoms. The minimum absolute atomic E-state index is 0.0865. The number of amides is 1. The molecule has 1 rings (SSSR count). The highest BCUT2D eigenvalue weighted by atomic mass is 79.9. The maximum absolute atomic E-state index is 13.0. The van der Waals surface area contributed by atoms with E-state index in [0.717, 1.165) is 0 Å². The molecule has 100 valence electrons. The second kappa shape index (κ2) is 6.85. The van der Waals surface area contributed by atoms with Crippen molar-refractivity contribution in [1.82, 2.24) is 5.32 Å². The number of rotatable bonds is 5. The summed E-state index contributed by atoms with van der Waals surface area (Å²) < 4.78 is 13.7. The van der Waals surface area contributed by atoms with Gasteiger partial charge in [0.15, 0.2) is 0 Å². The van der Waals surface area contributed by atoms with E-state index in [4.69, 9.17) is 0 Å². The molecule has 0 saturated heterocycles. The standard InChI is InChI=1S/C13H17BrFNO2/c1-8(2)12(17)7-16-13(18)6-9-5-10(15)3-4-11(9)14/h3-5,8,12,17H,6-7H2,1-2H3,(H,16,18). The summed E-state index contributed by atoms with van der Waals surface area (Å²) in [5.74, 6) is -0.518. The SMILES string of the molecule is CC(C)C(O)CNC(=O)Cc1cc(F)ccc1Br. The highest BCUT2D eigenvalue weighted by Crippen LogP contribution is 2.18. The molecular formula is C13H17BrFNO2. The highest BCUT2D eigenvalue weighted by molar-refractivity contribution is 9.10. The molecule has 0 heterocycles. The number of hydrogen-bond donors (Lipinski definition) is 2. The molecule has 1 aromatic rings. The number of hydrogen-bond acceptors (Lipinski definition) is 2. The number of aliphatic hydroxyl groups excluding tert-OH is 1. The van der Waals surface area contributed by atoms with E-state index in [1.54, 1.807) is 6.07 Å². The van der Waals surface area contributed by atoms with Crippen LogP contribution in [0.3, 0.4) is 0 Å². The van der Waals surface area contributed by atoms with E-state index in [-0.39, 0.29) is 30.6 Å². The van der Waals surface area contributed by atoms with Crippen molar-refractivity contribution in [3.8, 4) is 0 Å². The normalized spacial score (nSPS) is 12.6. The Balaban J connectivity index is 2.52. The van der Waals surface area contributed by atoms with Gasteiger partial charge < -0.3 is 10.4 Å². The van der Waals surface area contributed by atoms with E-state index in [0.29, 0.717) is 10.0 Å². The molecule has 3 nitrogen and oxygen atoms in total. The Bertz CT molecular complexity index is 423. The zero-order chi connectivity index (χ0) is 13.7. The van der Waals surface area contributed by atoms with Gasteiger partial charge in [-0.2, -0.15) is 0 Å². The third-order valence-electron chi connectivity index (χ3n) is 2.64. The summed E-state index contributed by atoms with van der Waals surface area (Å²) in [6, 6.07) is 4.22. The minimum Gasteiger partial charge on any atom is -0.391 e. The molecule has 1 aromatic carbocycles. The fourth-order valence-corrected chi connectivity index (χ4v) is 1.76. The Labute approximate surface area is 115 Å². The number of carbonyl (C=O) groups is 1. The van der Waals surface area contributed by atoms with Crippen LogP contribution in [-0.2, 0) is 11.2 Å². The van der Waals surface area contributed by atoms with Crippen LogP contribution in [0.5, 0.6) is 0 Å². The fraction of sp³-hybridized carbons (Fsp3) is 0.462. The van der Waals surface area contributed by atoms with Crippen molar-refractivity contribution in [1.29, 1.82) is 0 Å². The summed E-state index contributed by atoms with van der Waals surface area (Å²) in [7, 11) is 0. The first-order valence-electron chi connectivity index (χ1n) is 5.79. The summed E-state index contributed by atoms with van der Waals surface area (Å²) in [6.07, 6.45) is -0.478. The molecule has 0 aromatic heterocycles. The van der Waals surface area contributed by atoms with Crippen molar-refractivity contribution in [2.24, 2.45) is 5.92 Å². The van der Waals surface area contributed by atoms with Crippen LogP contribution in [0.15, 0.2) is 22.7 Å². The lowest BCUT2D eigenvalue weighted by Gasteiger charge is -2.15. The number of aliphatic hydroxyl groups is 1. The Morgan fingerprint density at radius 1 is 1.50 bits per heavy atom. The lowest BCUT2D eigenvalue weighted by molar-refractivity contribution is -0.121. The van der Waals surface area contributed by atoms with E-state index in [1.807, 2.05) is 13.8 Å². The molecule has 0 aliphatic heterocycles. The lowest BCUT2D eigenvalue weighted by Crippen LogP contribution is -2.35. The van der Waals surface area contributed by atoms with Gasteiger partial charge in [0.25, 0.3) is 0 Å². The summed E-state index contributed by atoms with van der Waals surface area (Å²) in [4.78, 5) is 11.6. The Morgan fingerprint density at radius 3 is 2.78 bits per heavy atom. The smallest absolute Gasteiger partial charge is 0.224 e. The summed E-state index contributed by atoms with van der Waals surface area (Å²) >= 11 is 3.27. The zero-order valence-electron chi connectivity index (χ0n) is 10.4. The number of nitrogens with one attached hydrogen (secondary N) is 1. The van der Waals surface area contributed by atoms with Crippen LogP contribution in [0.4, 0.5) is 4.39 Å². The largest absolute Gasteiger partial charge is 0.391 e.